The molecule has 0 bridgehead atoms. The molecule has 0 heterocycles. The van der Waals surface area contributed by atoms with Gasteiger partial charge in [-0.1, -0.05) is 59.4 Å². The monoisotopic (exact) mass is 296 g/mol. The van der Waals surface area contributed by atoms with Crippen LogP contribution in [0, 0.1) is 16.7 Å². The zero-order chi connectivity index (χ0) is 16.5. The zero-order valence-electron chi connectivity index (χ0n) is 14.5. The average molecular weight is 296 g/mol. The van der Waals surface area contributed by atoms with Gasteiger partial charge in [0.05, 0.1) is 5.92 Å². The standard InChI is InChI=1S/C20H26NO/c1-19(2,3)15-11-14(13-21-16-9-7-8-10-16)18(22)17(12-15)20(4,5)6/h7-14H,1-6H3/q-1. The molecule has 0 radical (unpaired) electrons. The first-order valence-corrected chi connectivity index (χ1v) is 7.83. The van der Waals surface area contributed by atoms with Crippen molar-refractivity contribution in [2.24, 2.45) is 21.7 Å². The molecular weight excluding hydrogens is 270 g/mol. The molecule has 2 heteroatoms. The molecule has 0 aliphatic heterocycles. The van der Waals surface area contributed by atoms with Crippen molar-refractivity contribution in [2.75, 3.05) is 0 Å². The third-order valence-corrected chi connectivity index (χ3v) is 3.93. The second-order valence-electron chi connectivity index (χ2n) is 7.99. The molecule has 2 nitrogen and oxygen atoms in total. The van der Waals surface area contributed by atoms with Crippen LogP contribution in [0.1, 0.15) is 41.5 Å². The van der Waals surface area contributed by atoms with Crippen LogP contribution >= 0.6 is 0 Å². The minimum Gasteiger partial charge on any atom is -0.336 e. The van der Waals surface area contributed by atoms with E-state index >= 15 is 0 Å². The Hall–Kier alpha value is -1.83. The Morgan fingerprint density at radius 3 is 2.32 bits per heavy atom. The smallest absolute Gasteiger partial charge is 0.171 e. The summed E-state index contributed by atoms with van der Waals surface area (Å²) in [5, 5.41) is 0. The summed E-state index contributed by atoms with van der Waals surface area (Å²) >= 11 is 0. The van der Waals surface area contributed by atoms with E-state index in [1.54, 1.807) is 6.21 Å². The fraction of sp³-hybridized carbons (Fsp3) is 0.450. The maximum absolute atomic E-state index is 12.8. The van der Waals surface area contributed by atoms with Crippen molar-refractivity contribution in [2.45, 2.75) is 41.5 Å². The summed E-state index contributed by atoms with van der Waals surface area (Å²) in [5.41, 5.74) is 2.85. The fourth-order valence-corrected chi connectivity index (χ4v) is 2.50. The van der Waals surface area contributed by atoms with Crippen molar-refractivity contribution in [1.29, 1.82) is 0 Å². The van der Waals surface area contributed by atoms with Crippen LogP contribution < -0.4 is 0 Å². The van der Waals surface area contributed by atoms with Gasteiger partial charge in [0, 0.05) is 11.8 Å². The summed E-state index contributed by atoms with van der Waals surface area (Å²) in [4.78, 5) is 17.3. The quantitative estimate of drug-likeness (QED) is 0.541. The van der Waals surface area contributed by atoms with Crippen LogP contribution in [0.15, 0.2) is 52.6 Å². The molecule has 1 unspecified atom stereocenters. The van der Waals surface area contributed by atoms with Crippen LogP contribution in [0.2, 0.25) is 0 Å². The second kappa shape index (κ2) is 5.75. The lowest BCUT2D eigenvalue weighted by molar-refractivity contribution is -0.117. The number of aliphatic imine (C=N–C) groups is 1. The van der Waals surface area contributed by atoms with Crippen LogP contribution in [-0.2, 0) is 4.79 Å². The van der Waals surface area contributed by atoms with Crippen molar-refractivity contribution in [3.8, 4) is 0 Å². The minimum atomic E-state index is -0.275. The Balaban J connectivity index is 2.40. The van der Waals surface area contributed by atoms with E-state index in [-0.39, 0.29) is 22.5 Å². The molecule has 1 aromatic carbocycles. The van der Waals surface area contributed by atoms with Crippen molar-refractivity contribution in [1.82, 2.24) is 0 Å². The third kappa shape index (κ3) is 3.68. The molecule has 0 saturated heterocycles. The molecule has 1 aliphatic carbocycles. The van der Waals surface area contributed by atoms with Crippen molar-refractivity contribution in [3.05, 3.63) is 47.6 Å². The summed E-state index contributed by atoms with van der Waals surface area (Å²) in [5.74, 6) is -0.112. The predicted octanol–water partition coefficient (Wildman–Crippen LogP) is 5.25. The van der Waals surface area contributed by atoms with E-state index in [1.807, 2.05) is 24.3 Å². The molecule has 0 aromatic heterocycles. The van der Waals surface area contributed by atoms with Gasteiger partial charge in [0.1, 0.15) is 0 Å². The maximum atomic E-state index is 12.8. The van der Waals surface area contributed by atoms with Gasteiger partial charge in [-0.3, -0.25) is 4.79 Å². The average Bonchev–Trinajstić information content (AvgIpc) is 2.87. The number of ketones is 1. The maximum Gasteiger partial charge on any atom is 0.171 e. The summed E-state index contributed by atoms with van der Waals surface area (Å²) < 4.78 is 0. The summed E-state index contributed by atoms with van der Waals surface area (Å²) in [6.45, 7) is 12.8. The van der Waals surface area contributed by atoms with Gasteiger partial charge in [-0.15, -0.1) is 0 Å². The zero-order valence-corrected chi connectivity index (χ0v) is 14.5. The van der Waals surface area contributed by atoms with Gasteiger partial charge in [0.2, 0.25) is 0 Å². The molecule has 1 aliphatic rings. The molecule has 2 rings (SSSR count). The summed E-state index contributed by atoms with van der Waals surface area (Å²) in [7, 11) is 0. The van der Waals surface area contributed by atoms with Gasteiger partial charge in [0.15, 0.2) is 5.78 Å². The molecule has 0 N–H and O–H groups in total. The van der Waals surface area contributed by atoms with Crippen LogP contribution in [0.5, 0.6) is 0 Å². The van der Waals surface area contributed by atoms with Crippen LogP contribution in [0.4, 0.5) is 5.69 Å². The van der Waals surface area contributed by atoms with E-state index in [4.69, 9.17) is 0 Å². The second-order valence-corrected chi connectivity index (χ2v) is 7.99. The molecular formula is C20H26NO-. The number of allylic oxidation sites excluding steroid dienone is 4. The topological polar surface area (TPSA) is 29.4 Å². The highest BCUT2D eigenvalue weighted by atomic mass is 16.1. The summed E-state index contributed by atoms with van der Waals surface area (Å²) in [6, 6.07) is 7.79. The first-order chi connectivity index (χ1) is 10.1. The molecule has 118 valence electrons. The number of nitrogens with zero attached hydrogens (tertiary/aromatic N) is 1. The van der Waals surface area contributed by atoms with Gasteiger partial charge < -0.3 is 4.99 Å². The fourth-order valence-electron chi connectivity index (χ4n) is 2.50. The van der Waals surface area contributed by atoms with Gasteiger partial charge in [-0.05, 0) is 16.4 Å². The number of rotatable bonds is 2. The highest BCUT2D eigenvalue weighted by Crippen LogP contribution is 2.38. The largest absolute Gasteiger partial charge is 0.336 e. The van der Waals surface area contributed by atoms with E-state index < -0.39 is 0 Å². The van der Waals surface area contributed by atoms with Crippen molar-refractivity contribution >= 4 is 17.7 Å². The first kappa shape index (κ1) is 16.5. The van der Waals surface area contributed by atoms with Gasteiger partial charge >= 0.3 is 0 Å². The van der Waals surface area contributed by atoms with E-state index in [2.05, 4.69) is 58.7 Å². The third-order valence-electron chi connectivity index (χ3n) is 3.93. The Morgan fingerprint density at radius 2 is 1.82 bits per heavy atom. The lowest BCUT2D eigenvalue weighted by atomic mass is 9.72. The van der Waals surface area contributed by atoms with E-state index in [0.717, 1.165) is 11.3 Å². The molecule has 0 amide bonds. The Bertz CT molecular complexity index is 628. The molecule has 1 aromatic rings. The number of hydrogen-bond acceptors (Lipinski definition) is 2. The SMILES string of the molecule is CC(C)(C)C1=CC(C=Nc2cc[cH-]c2)C(=O)C(C(C)(C)C)=C1. The molecule has 0 fully saturated rings. The van der Waals surface area contributed by atoms with Crippen molar-refractivity contribution < 1.29 is 4.79 Å². The molecule has 22 heavy (non-hydrogen) atoms. The predicted molar refractivity (Wildman–Crippen MR) is 93.8 cm³/mol. The van der Waals surface area contributed by atoms with Gasteiger partial charge in [0.25, 0.3) is 0 Å². The lowest BCUT2D eigenvalue weighted by Crippen LogP contribution is -2.29. The summed E-state index contributed by atoms with van der Waals surface area (Å²) in [6.07, 6.45) is 5.92. The lowest BCUT2D eigenvalue weighted by Gasteiger charge is -2.31. The van der Waals surface area contributed by atoms with Gasteiger partial charge in [-0.2, -0.15) is 24.3 Å². The van der Waals surface area contributed by atoms with Crippen LogP contribution in [0.25, 0.3) is 0 Å². The van der Waals surface area contributed by atoms with E-state index in [1.165, 1.54) is 5.57 Å². The number of hydrogen-bond donors (Lipinski definition) is 0. The number of carbonyl (C=O) groups excluding carboxylic acids is 1. The highest BCUT2D eigenvalue weighted by molar-refractivity contribution is 6.09. The van der Waals surface area contributed by atoms with Gasteiger partial charge in [-0.25, -0.2) is 0 Å². The number of Topliss-reactive ketones (excluding diaryl/α,β-unsaturated/α-hetero) is 1. The molecule has 0 spiro atoms. The number of carbonyl (C=O) groups is 1. The Labute approximate surface area is 134 Å². The van der Waals surface area contributed by atoms with E-state index in [0.29, 0.717) is 0 Å². The molecule has 1 atom stereocenters. The first-order valence-electron chi connectivity index (χ1n) is 7.83. The highest BCUT2D eigenvalue weighted by Gasteiger charge is 2.33. The Kier molecular flexibility index (Phi) is 4.32. The van der Waals surface area contributed by atoms with Crippen LogP contribution in [-0.4, -0.2) is 12.0 Å². The normalized spacial score (nSPS) is 20.3. The van der Waals surface area contributed by atoms with Crippen molar-refractivity contribution in [3.63, 3.8) is 0 Å². The Morgan fingerprint density at radius 1 is 1.14 bits per heavy atom. The van der Waals surface area contributed by atoms with Crippen LogP contribution in [0.3, 0.4) is 0 Å². The van der Waals surface area contributed by atoms with E-state index in [9.17, 15) is 4.79 Å². The molecule has 0 saturated carbocycles. The minimum absolute atomic E-state index is 0.0175.